The van der Waals surface area contributed by atoms with E-state index in [1.165, 1.54) is 24.1 Å². The Balaban J connectivity index is 1.82. The fourth-order valence-electron chi connectivity index (χ4n) is 3.86. The number of para-hydroxylation sites is 1. The van der Waals surface area contributed by atoms with Crippen LogP contribution in [0.1, 0.15) is 20.8 Å². The minimum Gasteiger partial charge on any atom is -0.466 e. The zero-order valence-corrected chi connectivity index (χ0v) is 19.9. The van der Waals surface area contributed by atoms with Crippen LogP contribution in [0.15, 0.2) is 29.5 Å². The van der Waals surface area contributed by atoms with Gasteiger partial charge in [-0.3, -0.25) is 4.79 Å². The van der Waals surface area contributed by atoms with Crippen molar-refractivity contribution in [1.29, 1.82) is 0 Å². The summed E-state index contributed by atoms with van der Waals surface area (Å²) in [6, 6.07) is 4.43. The van der Waals surface area contributed by atoms with E-state index in [-0.39, 0.29) is 36.7 Å². The Labute approximate surface area is 197 Å². The van der Waals surface area contributed by atoms with Crippen molar-refractivity contribution in [2.24, 2.45) is 0 Å². The van der Waals surface area contributed by atoms with Gasteiger partial charge in [-0.2, -0.15) is 0 Å². The van der Waals surface area contributed by atoms with Crippen molar-refractivity contribution in [2.45, 2.75) is 26.4 Å². The van der Waals surface area contributed by atoms with Gasteiger partial charge < -0.3 is 34.6 Å². The number of esters is 1. The maximum Gasteiger partial charge on any atom is 0.410 e. The lowest BCUT2D eigenvalue weighted by atomic mass is 10.1. The molecule has 11 heteroatoms. The largest absolute Gasteiger partial charge is 0.466 e. The molecule has 1 aromatic carbocycles. The van der Waals surface area contributed by atoms with Crippen molar-refractivity contribution in [3.63, 3.8) is 0 Å². The third-order valence-corrected chi connectivity index (χ3v) is 5.45. The van der Waals surface area contributed by atoms with E-state index in [1.54, 1.807) is 36.6 Å². The van der Waals surface area contributed by atoms with Gasteiger partial charge in [0.25, 0.3) is 5.91 Å². The summed E-state index contributed by atoms with van der Waals surface area (Å²) >= 11 is 0. The summed E-state index contributed by atoms with van der Waals surface area (Å²) < 4.78 is 25.2. The number of halogens is 1. The minimum absolute atomic E-state index is 0.0143. The molecule has 2 N–H and O–H groups in total. The Morgan fingerprint density at radius 1 is 1.18 bits per heavy atom. The summed E-state index contributed by atoms with van der Waals surface area (Å²) in [5.74, 6) is -1.67. The van der Waals surface area contributed by atoms with Gasteiger partial charge in [-0.15, -0.1) is 0 Å². The molecule has 0 aliphatic carbocycles. The molecule has 3 rings (SSSR count). The van der Waals surface area contributed by atoms with Gasteiger partial charge >= 0.3 is 12.1 Å². The molecule has 1 saturated heterocycles. The molecule has 1 aromatic rings. The number of anilines is 2. The zero-order valence-electron chi connectivity index (χ0n) is 19.9. The molecule has 186 valence electrons. The first-order chi connectivity index (χ1) is 16.1. The van der Waals surface area contributed by atoms with E-state index in [0.29, 0.717) is 31.9 Å². The molecular weight excluding hydrogens is 447 g/mol. The normalized spacial score (nSPS) is 16.8. The second-order valence-electron chi connectivity index (χ2n) is 9.01. The van der Waals surface area contributed by atoms with Crippen LogP contribution in [0.25, 0.3) is 0 Å². The molecule has 0 atom stereocenters. The maximum atomic E-state index is 15.0. The van der Waals surface area contributed by atoms with Crippen LogP contribution in [0.5, 0.6) is 0 Å². The molecule has 2 aliphatic rings. The molecule has 0 bridgehead atoms. The van der Waals surface area contributed by atoms with Gasteiger partial charge in [0.15, 0.2) is 0 Å². The molecule has 2 aliphatic heterocycles. The third kappa shape index (κ3) is 5.58. The van der Waals surface area contributed by atoms with Crippen molar-refractivity contribution in [3.8, 4) is 0 Å². The van der Waals surface area contributed by atoms with Crippen molar-refractivity contribution in [1.82, 2.24) is 9.80 Å². The lowest BCUT2D eigenvalue weighted by Gasteiger charge is -2.37. The first kappa shape index (κ1) is 25.3. The second kappa shape index (κ2) is 10.3. The highest BCUT2D eigenvalue weighted by Gasteiger charge is 2.35. The van der Waals surface area contributed by atoms with Crippen LogP contribution in [-0.4, -0.2) is 91.5 Å². The number of benzene rings is 1. The topological polar surface area (TPSA) is 112 Å². The predicted octanol–water partition coefficient (Wildman–Crippen LogP) is 1.56. The van der Waals surface area contributed by atoms with Gasteiger partial charge in [0, 0.05) is 32.7 Å². The average Bonchev–Trinajstić information content (AvgIpc) is 3.08. The second-order valence-corrected chi connectivity index (χ2v) is 9.01. The molecule has 2 heterocycles. The molecule has 34 heavy (non-hydrogen) atoms. The van der Waals surface area contributed by atoms with Crippen LogP contribution in [0, 0.1) is 5.82 Å². The number of aliphatic hydroxyl groups excluding tert-OH is 1. The molecule has 0 radical (unpaired) electrons. The quantitative estimate of drug-likeness (QED) is 0.593. The number of carbonyl (C=O) groups excluding carboxylic acids is 3. The Kier molecular flexibility index (Phi) is 7.65. The van der Waals surface area contributed by atoms with Gasteiger partial charge in [0.1, 0.15) is 17.1 Å². The monoisotopic (exact) mass is 478 g/mol. The SMILES string of the molecule is COC(=O)C1=C(Nc2cccc(F)c2N2CCN(C(=O)OC(C)(C)C)CC2)C(=O)N(CCO)C1. The molecule has 0 aromatic heterocycles. The molecule has 0 spiro atoms. The van der Waals surface area contributed by atoms with E-state index in [2.05, 4.69) is 5.32 Å². The van der Waals surface area contributed by atoms with E-state index in [9.17, 15) is 23.9 Å². The maximum absolute atomic E-state index is 15.0. The number of rotatable bonds is 6. The number of carbonyl (C=O) groups is 3. The van der Waals surface area contributed by atoms with E-state index in [4.69, 9.17) is 9.47 Å². The van der Waals surface area contributed by atoms with E-state index in [1.807, 2.05) is 0 Å². The van der Waals surface area contributed by atoms with E-state index >= 15 is 0 Å². The Morgan fingerprint density at radius 2 is 1.85 bits per heavy atom. The fourth-order valence-corrected chi connectivity index (χ4v) is 3.86. The number of nitrogens with zero attached hydrogens (tertiary/aromatic N) is 3. The Bertz CT molecular complexity index is 982. The molecule has 1 fully saturated rings. The average molecular weight is 479 g/mol. The summed E-state index contributed by atoms with van der Waals surface area (Å²) in [6.45, 7) is 6.52. The van der Waals surface area contributed by atoms with Gasteiger partial charge in [0.2, 0.25) is 0 Å². The highest BCUT2D eigenvalue weighted by Crippen LogP contribution is 2.33. The van der Waals surface area contributed by atoms with Gasteiger partial charge in [-0.05, 0) is 32.9 Å². The summed E-state index contributed by atoms with van der Waals surface area (Å²) in [4.78, 5) is 42.1. The lowest BCUT2D eigenvalue weighted by molar-refractivity contribution is -0.136. The standard InChI is InChI=1S/C23H31FN4O6/c1-23(2,3)34-22(32)27-10-8-26(9-11-27)19-16(24)6-5-7-17(19)25-18-15(21(31)33-4)14-28(12-13-29)20(18)30/h5-7,25,29H,8-14H2,1-4H3. The molecule has 0 saturated carbocycles. The van der Waals surface area contributed by atoms with Crippen molar-refractivity contribution in [3.05, 3.63) is 35.3 Å². The van der Waals surface area contributed by atoms with Crippen molar-refractivity contribution >= 4 is 29.3 Å². The summed E-state index contributed by atoms with van der Waals surface area (Å²) in [5.41, 5.74) is 0.0165. The zero-order chi connectivity index (χ0) is 25.0. The van der Waals surface area contributed by atoms with E-state index < -0.39 is 29.4 Å². The van der Waals surface area contributed by atoms with Crippen LogP contribution in [0.4, 0.5) is 20.6 Å². The molecule has 10 nitrogen and oxygen atoms in total. The number of hydrogen-bond donors (Lipinski definition) is 2. The minimum atomic E-state index is -0.680. The Morgan fingerprint density at radius 3 is 2.44 bits per heavy atom. The number of piperazine rings is 1. The number of amides is 2. The van der Waals surface area contributed by atoms with Crippen LogP contribution < -0.4 is 10.2 Å². The number of β-amino-alcohol motifs (C(OH)–C–C–N with tert-alkyl or cyclic N) is 1. The van der Waals surface area contributed by atoms with Crippen LogP contribution in [0.2, 0.25) is 0 Å². The van der Waals surface area contributed by atoms with Crippen LogP contribution in [-0.2, 0) is 19.1 Å². The lowest BCUT2D eigenvalue weighted by Crippen LogP contribution is -2.50. The third-order valence-electron chi connectivity index (χ3n) is 5.45. The highest BCUT2D eigenvalue weighted by atomic mass is 19.1. The summed E-state index contributed by atoms with van der Waals surface area (Å²) in [5, 5.41) is 12.2. The number of methoxy groups -OCH3 is 1. The molecular formula is C23H31FN4O6. The molecule has 0 unspecified atom stereocenters. The smallest absolute Gasteiger partial charge is 0.410 e. The van der Waals surface area contributed by atoms with Crippen LogP contribution in [0.3, 0.4) is 0 Å². The first-order valence-electron chi connectivity index (χ1n) is 11.1. The number of aliphatic hydroxyl groups is 1. The van der Waals surface area contributed by atoms with Crippen molar-refractivity contribution < 1.29 is 33.4 Å². The van der Waals surface area contributed by atoms with Crippen LogP contribution >= 0.6 is 0 Å². The summed E-state index contributed by atoms with van der Waals surface area (Å²) in [6.07, 6.45) is -0.424. The van der Waals surface area contributed by atoms with Gasteiger partial charge in [-0.25, -0.2) is 14.0 Å². The van der Waals surface area contributed by atoms with Gasteiger partial charge in [-0.1, -0.05) is 6.07 Å². The molecule has 2 amide bonds. The number of nitrogens with one attached hydrogen (secondary N) is 1. The van der Waals surface area contributed by atoms with Gasteiger partial charge in [0.05, 0.1) is 37.2 Å². The number of ether oxygens (including phenoxy) is 2. The highest BCUT2D eigenvalue weighted by molar-refractivity contribution is 6.09. The predicted molar refractivity (Wildman–Crippen MR) is 123 cm³/mol. The summed E-state index contributed by atoms with van der Waals surface area (Å²) in [7, 11) is 1.21. The van der Waals surface area contributed by atoms with E-state index in [0.717, 1.165) is 0 Å². The Hall–Kier alpha value is -3.34. The number of hydrogen-bond acceptors (Lipinski definition) is 8. The fraction of sp³-hybridized carbons (Fsp3) is 0.522. The van der Waals surface area contributed by atoms with Crippen molar-refractivity contribution in [2.75, 3.05) is 63.2 Å². The first-order valence-corrected chi connectivity index (χ1v) is 11.1.